The van der Waals surface area contributed by atoms with E-state index in [1.54, 1.807) is 6.92 Å². The predicted molar refractivity (Wildman–Crippen MR) is 69.2 cm³/mol. The molecular weight excluding hydrogens is 291 g/mol. The summed E-state index contributed by atoms with van der Waals surface area (Å²) in [5.74, 6) is -0.215. The molecule has 0 amide bonds. The van der Waals surface area contributed by atoms with Crippen molar-refractivity contribution in [1.82, 2.24) is 0 Å². The molecule has 88 valence electrons. The molecule has 16 heavy (non-hydrogen) atoms. The quantitative estimate of drug-likeness (QED) is 0.627. The first-order valence-corrected chi connectivity index (χ1v) is 6.58. The molecule has 0 aliphatic carbocycles. The second kappa shape index (κ2) is 6.26. The molecular formula is C12H14BrClO2. The van der Waals surface area contributed by atoms with E-state index < -0.39 is 0 Å². The Kier molecular flexibility index (Phi) is 5.29. The Morgan fingerprint density at radius 1 is 1.44 bits per heavy atom. The van der Waals surface area contributed by atoms with Crippen molar-refractivity contribution in [1.29, 1.82) is 0 Å². The van der Waals surface area contributed by atoms with Gasteiger partial charge in [-0.25, -0.2) is 0 Å². The molecule has 0 fully saturated rings. The zero-order valence-electron chi connectivity index (χ0n) is 9.35. The molecule has 0 saturated carbocycles. The third-order valence-corrected chi connectivity index (χ3v) is 3.25. The van der Waals surface area contributed by atoms with Gasteiger partial charge in [0.2, 0.25) is 0 Å². The van der Waals surface area contributed by atoms with E-state index in [1.807, 2.05) is 19.1 Å². The lowest BCUT2D eigenvalue weighted by Crippen LogP contribution is -2.08. The summed E-state index contributed by atoms with van der Waals surface area (Å²) in [5, 5.41) is 1.40. The Morgan fingerprint density at radius 2 is 2.12 bits per heavy atom. The average molecular weight is 306 g/mol. The first kappa shape index (κ1) is 13.5. The molecule has 0 unspecified atom stereocenters. The second-order valence-electron chi connectivity index (χ2n) is 3.49. The minimum absolute atomic E-state index is 0.215. The number of carbonyl (C=O) groups is 1. The maximum Gasteiger partial charge on any atom is 0.310 e. The van der Waals surface area contributed by atoms with Crippen LogP contribution in [0.4, 0.5) is 0 Å². The van der Waals surface area contributed by atoms with Crippen molar-refractivity contribution in [3.63, 3.8) is 0 Å². The summed E-state index contributed by atoms with van der Waals surface area (Å²) >= 11 is 9.45. The maximum absolute atomic E-state index is 11.4. The van der Waals surface area contributed by atoms with E-state index in [1.165, 1.54) is 0 Å². The molecule has 1 aromatic carbocycles. The van der Waals surface area contributed by atoms with Crippen molar-refractivity contribution < 1.29 is 9.53 Å². The molecule has 0 aliphatic rings. The Morgan fingerprint density at radius 3 is 2.69 bits per heavy atom. The van der Waals surface area contributed by atoms with Crippen LogP contribution in [0.25, 0.3) is 0 Å². The van der Waals surface area contributed by atoms with Gasteiger partial charge in [-0.2, -0.15) is 0 Å². The summed E-state index contributed by atoms with van der Waals surface area (Å²) in [5.41, 5.74) is 3.02. The topological polar surface area (TPSA) is 26.3 Å². The van der Waals surface area contributed by atoms with E-state index >= 15 is 0 Å². The monoisotopic (exact) mass is 304 g/mol. The van der Waals surface area contributed by atoms with Crippen molar-refractivity contribution in [3.05, 3.63) is 33.8 Å². The van der Waals surface area contributed by atoms with Crippen LogP contribution >= 0.6 is 27.5 Å². The van der Waals surface area contributed by atoms with Crippen molar-refractivity contribution >= 4 is 33.5 Å². The largest absolute Gasteiger partial charge is 0.466 e. The standard InChI is InChI=1S/C12H14BrClO2/c1-3-16-12(15)6-9-5-11(14)10(7-13)4-8(9)2/h4-5H,3,6-7H2,1-2H3. The van der Waals surface area contributed by atoms with Gasteiger partial charge in [-0.05, 0) is 36.6 Å². The number of ether oxygens (including phenoxy) is 1. The third kappa shape index (κ3) is 3.49. The summed E-state index contributed by atoms with van der Waals surface area (Å²) in [6.45, 7) is 4.17. The molecule has 0 N–H and O–H groups in total. The van der Waals surface area contributed by atoms with E-state index in [-0.39, 0.29) is 12.4 Å². The maximum atomic E-state index is 11.4. The fourth-order valence-corrected chi connectivity index (χ4v) is 2.32. The van der Waals surface area contributed by atoms with Gasteiger partial charge >= 0.3 is 5.97 Å². The van der Waals surface area contributed by atoms with Crippen LogP contribution < -0.4 is 0 Å². The summed E-state index contributed by atoms with van der Waals surface area (Å²) in [4.78, 5) is 11.4. The fourth-order valence-electron chi connectivity index (χ4n) is 1.44. The normalized spacial score (nSPS) is 10.2. The zero-order chi connectivity index (χ0) is 12.1. The van der Waals surface area contributed by atoms with Gasteiger partial charge in [-0.3, -0.25) is 4.79 Å². The highest BCUT2D eigenvalue weighted by Gasteiger charge is 2.09. The summed E-state index contributed by atoms with van der Waals surface area (Å²) in [6.07, 6.45) is 0.280. The molecule has 1 aromatic rings. The number of carbonyl (C=O) groups excluding carboxylic acids is 1. The minimum Gasteiger partial charge on any atom is -0.466 e. The highest BCUT2D eigenvalue weighted by Crippen LogP contribution is 2.23. The molecule has 0 aromatic heterocycles. The number of halogens is 2. The Balaban J connectivity index is 2.89. The number of alkyl halides is 1. The number of rotatable bonds is 4. The SMILES string of the molecule is CCOC(=O)Cc1cc(Cl)c(CBr)cc1C. The smallest absolute Gasteiger partial charge is 0.310 e. The van der Waals surface area contributed by atoms with Crippen molar-refractivity contribution in [2.75, 3.05) is 6.61 Å². The molecule has 4 heteroatoms. The van der Waals surface area contributed by atoms with Gasteiger partial charge < -0.3 is 4.74 Å². The lowest BCUT2D eigenvalue weighted by Gasteiger charge is -2.09. The predicted octanol–water partition coefficient (Wildman–Crippen LogP) is 3.65. The van der Waals surface area contributed by atoms with E-state index in [0.717, 1.165) is 16.7 Å². The fraction of sp³-hybridized carbons (Fsp3) is 0.417. The highest BCUT2D eigenvalue weighted by atomic mass is 79.9. The number of hydrogen-bond donors (Lipinski definition) is 0. The Labute approximate surface area is 109 Å². The molecule has 0 saturated heterocycles. The minimum atomic E-state index is -0.215. The lowest BCUT2D eigenvalue weighted by atomic mass is 10.0. The molecule has 0 spiro atoms. The van der Waals surface area contributed by atoms with Gasteiger partial charge in [0.05, 0.1) is 13.0 Å². The van der Waals surface area contributed by atoms with Crippen LogP contribution in [0.3, 0.4) is 0 Å². The van der Waals surface area contributed by atoms with E-state index in [4.69, 9.17) is 16.3 Å². The van der Waals surface area contributed by atoms with Gasteiger partial charge in [0, 0.05) is 10.4 Å². The van der Waals surface area contributed by atoms with E-state index in [9.17, 15) is 4.79 Å². The van der Waals surface area contributed by atoms with Crippen LogP contribution in [0.2, 0.25) is 5.02 Å². The van der Waals surface area contributed by atoms with E-state index in [0.29, 0.717) is 17.0 Å². The molecule has 0 heterocycles. The molecule has 1 rings (SSSR count). The Hall–Kier alpha value is -0.540. The van der Waals surface area contributed by atoms with Crippen LogP contribution in [-0.2, 0) is 21.3 Å². The number of esters is 1. The van der Waals surface area contributed by atoms with Crippen LogP contribution in [0.15, 0.2) is 12.1 Å². The molecule has 0 aliphatic heterocycles. The van der Waals surface area contributed by atoms with Crippen LogP contribution in [0.1, 0.15) is 23.6 Å². The van der Waals surface area contributed by atoms with Crippen LogP contribution in [0.5, 0.6) is 0 Å². The average Bonchev–Trinajstić information content (AvgIpc) is 2.23. The van der Waals surface area contributed by atoms with Crippen molar-refractivity contribution in [3.8, 4) is 0 Å². The van der Waals surface area contributed by atoms with Crippen LogP contribution in [0, 0.1) is 6.92 Å². The van der Waals surface area contributed by atoms with E-state index in [2.05, 4.69) is 15.9 Å². The van der Waals surface area contributed by atoms with Crippen molar-refractivity contribution in [2.24, 2.45) is 0 Å². The molecule has 2 nitrogen and oxygen atoms in total. The van der Waals surface area contributed by atoms with Gasteiger partial charge in [-0.1, -0.05) is 33.6 Å². The lowest BCUT2D eigenvalue weighted by molar-refractivity contribution is -0.142. The summed E-state index contributed by atoms with van der Waals surface area (Å²) < 4.78 is 4.91. The van der Waals surface area contributed by atoms with Crippen LogP contribution in [-0.4, -0.2) is 12.6 Å². The summed E-state index contributed by atoms with van der Waals surface area (Å²) in [6, 6.07) is 3.83. The highest BCUT2D eigenvalue weighted by molar-refractivity contribution is 9.08. The van der Waals surface area contributed by atoms with Gasteiger partial charge in [-0.15, -0.1) is 0 Å². The van der Waals surface area contributed by atoms with Crippen molar-refractivity contribution in [2.45, 2.75) is 25.6 Å². The van der Waals surface area contributed by atoms with Gasteiger partial charge in [0.15, 0.2) is 0 Å². The summed E-state index contributed by atoms with van der Waals surface area (Å²) in [7, 11) is 0. The molecule has 0 radical (unpaired) electrons. The zero-order valence-corrected chi connectivity index (χ0v) is 11.7. The molecule has 0 bridgehead atoms. The third-order valence-electron chi connectivity index (χ3n) is 2.29. The number of benzene rings is 1. The second-order valence-corrected chi connectivity index (χ2v) is 4.45. The van der Waals surface area contributed by atoms with Gasteiger partial charge in [0.1, 0.15) is 0 Å². The number of aryl methyl sites for hydroxylation is 1. The van der Waals surface area contributed by atoms with Gasteiger partial charge in [0.25, 0.3) is 0 Å². The first-order chi connectivity index (χ1) is 7.58. The molecule has 0 atom stereocenters. The Bertz CT molecular complexity index is 391. The first-order valence-electron chi connectivity index (χ1n) is 5.08. The number of hydrogen-bond acceptors (Lipinski definition) is 2.